The van der Waals surface area contributed by atoms with E-state index in [0.29, 0.717) is 11.8 Å². The summed E-state index contributed by atoms with van der Waals surface area (Å²) in [5.74, 6) is 2.22. The number of allylic oxidation sites excluding steroid dienone is 2. The summed E-state index contributed by atoms with van der Waals surface area (Å²) >= 11 is 1.88. The molecule has 1 aromatic carbocycles. The Balaban J connectivity index is 1.31. The second kappa shape index (κ2) is 10.1. The number of aryl methyl sites for hydroxylation is 1. The molecule has 2 aromatic rings. The first-order valence-electron chi connectivity index (χ1n) is 11.7. The number of aliphatic hydroxyl groups is 1. The van der Waals surface area contributed by atoms with Crippen molar-refractivity contribution in [3.05, 3.63) is 63.9 Å². The highest BCUT2D eigenvalue weighted by molar-refractivity contribution is 7.09. The standard InChI is InChI=1S/C27H36OS/c1-20-6-2-7-21(18-20)19-27(28)24-15-13-23(14-16-24)26-12-4-9-22(26)8-3-10-25-11-5-17-29-25/h5,11-17,20-22,27-28H,2-4,6-10,18-19H2,1H3/t20?,21?,22-,27?/m0/s1. The van der Waals surface area contributed by atoms with Crippen LogP contribution in [0.2, 0.25) is 0 Å². The maximum Gasteiger partial charge on any atom is 0.0792 e. The molecule has 0 aliphatic heterocycles. The van der Waals surface area contributed by atoms with Gasteiger partial charge in [-0.15, -0.1) is 11.3 Å². The fourth-order valence-electron chi connectivity index (χ4n) is 5.52. The molecular weight excluding hydrogens is 372 g/mol. The Kier molecular flexibility index (Phi) is 7.26. The lowest BCUT2D eigenvalue weighted by atomic mass is 9.79. The van der Waals surface area contributed by atoms with E-state index in [1.54, 1.807) is 5.57 Å². The van der Waals surface area contributed by atoms with Gasteiger partial charge < -0.3 is 5.11 Å². The van der Waals surface area contributed by atoms with Crippen LogP contribution in [0.25, 0.3) is 5.57 Å². The van der Waals surface area contributed by atoms with Gasteiger partial charge >= 0.3 is 0 Å². The van der Waals surface area contributed by atoms with Crippen LogP contribution in [0, 0.1) is 17.8 Å². The molecule has 2 aliphatic carbocycles. The third kappa shape index (κ3) is 5.61. The Morgan fingerprint density at radius 3 is 2.72 bits per heavy atom. The summed E-state index contributed by atoms with van der Waals surface area (Å²) in [4.78, 5) is 1.51. The summed E-state index contributed by atoms with van der Waals surface area (Å²) in [6.45, 7) is 2.36. The van der Waals surface area contributed by atoms with Crippen molar-refractivity contribution in [1.82, 2.24) is 0 Å². The average molecular weight is 409 g/mol. The molecule has 1 heterocycles. The Bertz CT molecular complexity index is 773. The first kappa shape index (κ1) is 20.9. The molecule has 0 amide bonds. The van der Waals surface area contributed by atoms with Gasteiger partial charge in [0.2, 0.25) is 0 Å². The highest BCUT2D eigenvalue weighted by atomic mass is 32.1. The zero-order valence-corrected chi connectivity index (χ0v) is 18.7. The van der Waals surface area contributed by atoms with Gasteiger partial charge in [-0.25, -0.2) is 0 Å². The van der Waals surface area contributed by atoms with Crippen LogP contribution >= 0.6 is 11.3 Å². The van der Waals surface area contributed by atoms with Crippen molar-refractivity contribution in [1.29, 1.82) is 0 Å². The normalized spacial score (nSPS) is 25.7. The third-order valence-electron chi connectivity index (χ3n) is 7.11. The van der Waals surface area contributed by atoms with E-state index in [2.05, 4.69) is 54.8 Å². The van der Waals surface area contributed by atoms with E-state index in [9.17, 15) is 5.11 Å². The zero-order valence-electron chi connectivity index (χ0n) is 17.9. The smallest absolute Gasteiger partial charge is 0.0792 e. The minimum absolute atomic E-state index is 0.307. The molecule has 3 unspecified atom stereocenters. The van der Waals surface area contributed by atoms with Gasteiger partial charge in [-0.05, 0) is 90.8 Å². The summed E-state index contributed by atoms with van der Waals surface area (Å²) in [7, 11) is 0. The maximum absolute atomic E-state index is 10.8. The topological polar surface area (TPSA) is 20.2 Å². The van der Waals surface area contributed by atoms with Crippen molar-refractivity contribution >= 4 is 16.9 Å². The largest absolute Gasteiger partial charge is 0.388 e. The summed E-state index contributed by atoms with van der Waals surface area (Å²) in [6.07, 6.45) is 14.6. The number of rotatable bonds is 8. The van der Waals surface area contributed by atoms with Gasteiger partial charge in [0.05, 0.1) is 6.10 Å². The van der Waals surface area contributed by atoms with Crippen LogP contribution in [0.3, 0.4) is 0 Å². The monoisotopic (exact) mass is 408 g/mol. The van der Waals surface area contributed by atoms with Gasteiger partial charge in [0, 0.05) is 4.88 Å². The van der Waals surface area contributed by atoms with Crippen molar-refractivity contribution < 1.29 is 5.11 Å². The molecule has 29 heavy (non-hydrogen) atoms. The Labute approximate surface area is 180 Å². The van der Waals surface area contributed by atoms with E-state index in [4.69, 9.17) is 0 Å². The van der Waals surface area contributed by atoms with E-state index in [1.165, 1.54) is 68.2 Å². The van der Waals surface area contributed by atoms with E-state index in [0.717, 1.165) is 17.9 Å². The number of hydrogen-bond donors (Lipinski definition) is 1. The molecule has 0 spiro atoms. The van der Waals surface area contributed by atoms with Gasteiger partial charge in [-0.1, -0.05) is 62.6 Å². The van der Waals surface area contributed by atoms with Crippen molar-refractivity contribution in [3.8, 4) is 0 Å². The predicted molar refractivity (Wildman–Crippen MR) is 125 cm³/mol. The van der Waals surface area contributed by atoms with Gasteiger partial charge in [0.15, 0.2) is 0 Å². The second-order valence-electron chi connectivity index (χ2n) is 9.42. The average Bonchev–Trinajstić information content (AvgIpc) is 3.40. The Hall–Kier alpha value is -1.38. The third-order valence-corrected chi connectivity index (χ3v) is 8.04. The molecule has 0 radical (unpaired) electrons. The molecule has 156 valence electrons. The van der Waals surface area contributed by atoms with E-state index >= 15 is 0 Å². The molecule has 1 fully saturated rings. The van der Waals surface area contributed by atoms with E-state index in [1.807, 2.05) is 11.3 Å². The molecule has 4 atom stereocenters. The molecule has 4 rings (SSSR count). The fraction of sp³-hybridized carbons (Fsp3) is 0.556. The first-order valence-corrected chi connectivity index (χ1v) is 12.6. The molecule has 1 saturated carbocycles. The minimum Gasteiger partial charge on any atom is -0.388 e. The number of aliphatic hydroxyl groups excluding tert-OH is 1. The minimum atomic E-state index is -0.307. The van der Waals surface area contributed by atoms with Crippen molar-refractivity contribution in [2.75, 3.05) is 0 Å². The molecule has 2 heteroatoms. The molecule has 1 aromatic heterocycles. The van der Waals surface area contributed by atoms with Crippen LogP contribution in [0.15, 0.2) is 47.9 Å². The summed E-state index contributed by atoms with van der Waals surface area (Å²) in [5, 5.41) is 12.9. The lowest BCUT2D eigenvalue weighted by Crippen LogP contribution is -2.16. The number of thiophene rings is 1. The second-order valence-corrected chi connectivity index (χ2v) is 10.4. The van der Waals surface area contributed by atoms with Crippen LogP contribution in [0.1, 0.15) is 86.8 Å². The highest BCUT2D eigenvalue weighted by Crippen LogP contribution is 2.38. The number of benzene rings is 1. The molecule has 0 saturated heterocycles. The van der Waals surface area contributed by atoms with Gasteiger partial charge in [0.25, 0.3) is 0 Å². The van der Waals surface area contributed by atoms with Crippen molar-refractivity contribution in [2.24, 2.45) is 17.8 Å². The lowest BCUT2D eigenvalue weighted by molar-refractivity contribution is 0.122. The van der Waals surface area contributed by atoms with Crippen LogP contribution in [0.4, 0.5) is 0 Å². The van der Waals surface area contributed by atoms with Crippen LogP contribution in [-0.4, -0.2) is 5.11 Å². The summed E-state index contributed by atoms with van der Waals surface area (Å²) in [6, 6.07) is 13.3. The molecule has 1 N–H and O–H groups in total. The van der Waals surface area contributed by atoms with Gasteiger partial charge in [0.1, 0.15) is 0 Å². The van der Waals surface area contributed by atoms with E-state index < -0.39 is 0 Å². The van der Waals surface area contributed by atoms with Crippen molar-refractivity contribution in [3.63, 3.8) is 0 Å². The molecule has 0 bridgehead atoms. The highest BCUT2D eigenvalue weighted by Gasteiger charge is 2.23. The van der Waals surface area contributed by atoms with E-state index in [-0.39, 0.29) is 6.10 Å². The fourth-order valence-corrected chi connectivity index (χ4v) is 6.27. The summed E-state index contributed by atoms with van der Waals surface area (Å²) < 4.78 is 0. The number of hydrogen-bond acceptors (Lipinski definition) is 2. The van der Waals surface area contributed by atoms with Gasteiger partial charge in [-0.3, -0.25) is 0 Å². The van der Waals surface area contributed by atoms with Crippen LogP contribution in [-0.2, 0) is 6.42 Å². The molecular formula is C27H36OS. The molecule has 1 nitrogen and oxygen atoms in total. The molecule has 2 aliphatic rings. The zero-order chi connectivity index (χ0) is 20.1. The predicted octanol–water partition coefficient (Wildman–Crippen LogP) is 7.81. The Morgan fingerprint density at radius 1 is 1.10 bits per heavy atom. The Morgan fingerprint density at radius 2 is 1.97 bits per heavy atom. The lowest BCUT2D eigenvalue weighted by Gasteiger charge is -2.28. The summed E-state index contributed by atoms with van der Waals surface area (Å²) in [5.41, 5.74) is 4.00. The quantitative estimate of drug-likeness (QED) is 0.472. The maximum atomic E-state index is 10.8. The first-order chi connectivity index (χ1) is 14.2. The van der Waals surface area contributed by atoms with Crippen LogP contribution < -0.4 is 0 Å². The SMILES string of the molecule is CC1CCCC(CC(O)c2ccc(C3=CCC[C@@H]3CCCc3cccs3)cc2)C1. The van der Waals surface area contributed by atoms with Crippen molar-refractivity contribution in [2.45, 2.75) is 77.2 Å². The van der Waals surface area contributed by atoms with Crippen LogP contribution in [0.5, 0.6) is 0 Å². The van der Waals surface area contributed by atoms with Gasteiger partial charge in [-0.2, -0.15) is 0 Å².